The van der Waals surface area contributed by atoms with Gasteiger partial charge in [0.25, 0.3) is 5.91 Å². The number of amides is 1. The summed E-state index contributed by atoms with van der Waals surface area (Å²) in [5.41, 5.74) is -0.662. The van der Waals surface area contributed by atoms with E-state index in [-0.39, 0.29) is 22.5 Å². The Hall–Kier alpha value is -0.970. The molecule has 2 N–H and O–H groups in total. The fourth-order valence-electron chi connectivity index (χ4n) is 1.28. The van der Waals surface area contributed by atoms with Crippen LogP contribution in [0.3, 0.4) is 0 Å². The molecule has 0 radical (unpaired) electrons. The molecular weight excluding hydrogens is 277 g/mol. The molecule has 0 aromatic heterocycles. The van der Waals surface area contributed by atoms with Crippen molar-refractivity contribution in [1.82, 2.24) is 5.32 Å². The molecule has 0 spiro atoms. The first kappa shape index (κ1) is 15.1. The number of hydrogen-bond acceptors (Lipinski definition) is 3. The highest BCUT2D eigenvalue weighted by Crippen LogP contribution is 2.33. The molecule has 4 nitrogen and oxygen atoms in total. The molecule has 1 aromatic carbocycles. The van der Waals surface area contributed by atoms with Crippen molar-refractivity contribution in [2.24, 2.45) is 0 Å². The number of ether oxygens (including phenoxy) is 1. The van der Waals surface area contributed by atoms with Crippen molar-refractivity contribution in [3.05, 3.63) is 27.7 Å². The maximum atomic E-state index is 11.8. The van der Waals surface area contributed by atoms with Gasteiger partial charge in [0.05, 0.1) is 22.8 Å². The molecule has 0 saturated heterocycles. The van der Waals surface area contributed by atoms with E-state index in [0.717, 1.165) is 0 Å². The number of carbonyl (C=O) groups excluding carboxylic acids is 1. The van der Waals surface area contributed by atoms with Crippen molar-refractivity contribution in [2.75, 3.05) is 13.7 Å². The van der Waals surface area contributed by atoms with Gasteiger partial charge < -0.3 is 15.2 Å². The summed E-state index contributed by atoms with van der Waals surface area (Å²) in [4.78, 5) is 11.8. The van der Waals surface area contributed by atoms with E-state index >= 15 is 0 Å². The molecule has 0 saturated carbocycles. The summed E-state index contributed by atoms with van der Waals surface area (Å²) in [6.07, 6.45) is 0. The van der Waals surface area contributed by atoms with Gasteiger partial charge in [-0.25, -0.2) is 0 Å². The normalized spacial score (nSPS) is 11.2. The van der Waals surface area contributed by atoms with Crippen molar-refractivity contribution in [1.29, 1.82) is 0 Å². The molecule has 1 rings (SSSR count). The molecule has 6 heteroatoms. The number of methoxy groups -OCH3 is 1. The van der Waals surface area contributed by atoms with Gasteiger partial charge in [-0.1, -0.05) is 23.2 Å². The number of nitrogens with one attached hydrogen (secondary N) is 1. The first-order valence-corrected chi connectivity index (χ1v) is 6.04. The maximum absolute atomic E-state index is 11.8. The van der Waals surface area contributed by atoms with E-state index in [1.807, 2.05) is 0 Å². The minimum atomic E-state index is -0.976. The third-order valence-corrected chi connectivity index (χ3v) is 2.71. The topological polar surface area (TPSA) is 58.6 Å². The average Bonchev–Trinajstić information content (AvgIpc) is 2.24. The van der Waals surface area contributed by atoms with Crippen LogP contribution in [0, 0.1) is 0 Å². The second-order valence-corrected chi connectivity index (χ2v) is 5.28. The molecule has 0 fully saturated rings. The summed E-state index contributed by atoms with van der Waals surface area (Å²) in [7, 11) is 1.45. The molecule has 0 bridgehead atoms. The van der Waals surface area contributed by atoms with Gasteiger partial charge in [-0.15, -0.1) is 0 Å². The Morgan fingerprint density at radius 1 is 1.39 bits per heavy atom. The molecule has 100 valence electrons. The quantitative estimate of drug-likeness (QED) is 0.896. The smallest absolute Gasteiger partial charge is 0.251 e. The number of hydrogen-bond donors (Lipinski definition) is 2. The van der Waals surface area contributed by atoms with Gasteiger partial charge in [0.1, 0.15) is 0 Å². The molecule has 0 aliphatic rings. The highest BCUT2D eigenvalue weighted by Gasteiger charge is 2.17. The predicted octanol–water partition coefficient (Wildman–Crippen LogP) is 2.50. The van der Waals surface area contributed by atoms with Gasteiger partial charge in [0.15, 0.2) is 5.75 Å². The van der Waals surface area contributed by atoms with Gasteiger partial charge in [0, 0.05) is 12.1 Å². The Morgan fingerprint density at radius 3 is 2.28 bits per heavy atom. The van der Waals surface area contributed by atoms with Crippen LogP contribution in [0.4, 0.5) is 0 Å². The van der Waals surface area contributed by atoms with Crippen LogP contribution in [-0.2, 0) is 0 Å². The van der Waals surface area contributed by atoms with Crippen molar-refractivity contribution >= 4 is 29.1 Å². The van der Waals surface area contributed by atoms with E-state index in [1.165, 1.54) is 19.2 Å². The van der Waals surface area contributed by atoms with Gasteiger partial charge >= 0.3 is 0 Å². The number of aliphatic hydroxyl groups is 1. The van der Waals surface area contributed by atoms with Crippen LogP contribution in [-0.4, -0.2) is 30.3 Å². The molecule has 0 unspecified atom stereocenters. The molecule has 0 atom stereocenters. The minimum Gasteiger partial charge on any atom is -0.494 e. The van der Waals surface area contributed by atoms with Crippen LogP contribution >= 0.6 is 23.2 Å². The van der Waals surface area contributed by atoms with Crippen LogP contribution in [0.2, 0.25) is 10.0 Å². The molecule has 0 heterocycles. The van der Waals surface area contributed by atoms with E-state index < -0.39 is 5.60 Å². The second kappa shape index (κ2) is 5.78. The summed E-state index contributed by atoms with van der Waals surface area (Å²) in [6, 6.07) is 2.93. The Balaban J connectivity index is 2.88. The zero-order valence-corrected chi connectivity index (χ0v) is 11.9. The first-order valence-electron chi connectivity index (χ1n) is 5.28. The van der Waals surface area contributed by atoms with Crippen molar-refractivity contribution in [2.45, 2.75) is 19.4 Å². The largest absolute Gasteiger partial charge is 0.494 e. The summed E-state index contributed by atoms with van der Waals surface area (Å²) in [5, 5.41) is 12.6. The fraction of sp³-hybridized carbons (Fsp3) is 0.417. The lowest BCUT2D eigenvalue weighted by molar-refractivity contribution is 0.0694. The number of halogens is 2. The second-order valence-electron chi connectivity index (χ2n) is 4.47. The first-order chi connectivity index (χ1) is 8.24. The Labute approximate surface area is 116 Å². The average molecular weight is 292 g/mol. The summed E-state index contributed by atoms with van der Waals surface area (Å²) in [5.74, 6) is -0.0269. The monoisotopic (exact) mass is 291 g/mol. The van der Waals surface area contributed by atoms with E-state index in [4.69, 9.17) is 27.9 Å². The summed E-state index contributed by atoms with van der Waals surface area (Å²) >= 11 is 11.9. The standard InChI is InChI=1S/C12H15Cl2NO3/c1-12(2,17)6-15-11(16)7-4-8(13)10(18-3)9(14)5-7/h4-5,17H,6H2,1-3H3,(H,15,16). The lowest BCUT2D eigenvalue weighted by Crippen LogP contribution is -2.38. The third-order valence-electron chi connectivity index (χ3n) is 2.15. The maximum Gasteiger partial charge on any atom is 0.251 e. The van der Waals surface area contributed by atoms with Crippen molar-refractivity contribution in [3.8, 4) is 5.75 Å². The zero-order chi connectivity index (χ0) is 13.9. The van der Waals surface area contributed by atoms with E-state index in [0.29, 0.717) is 11.3 Å². The number of carbonyl (C=O) groups is 1. The fourth-order valence-corrected chi connectivity index (χ4v) is 1.93. The molecule has 18 heavy (non-hydrogen) atoms. The molecular formula is C12H15Cl2NO3. The molecule has 0 aliphatic heterocycles. The molecule has 0 aliphatic carbocycles. The Kier molecular flexibility index (Phi) is 4.85. The lowest BCUT2D eigenvalue weighted by atomic mass is 10.1. The van der Waals surface area contributed by atoms with Crippen LogP contribution < -0.4 is 10.1 Å². The van der Waals surface area contributed by atoms with E-state index in [2.05, 4.69) is 5.32 Å². The Bertz CT molecular complexity index is 432. The lowest BCUT2D eigenvalue weighted by Gasteiger charge is -2.17. The summed E-state index contributed by atoms with van der Waals surface area (Å²) in [6.45, 7) is 3.33. The minimum absolute atomic E-state index is 0.132. The van der Waals surface area contributed by atoms with E-state index in [9.17, 15) is 9.90 Å². The van der Waals surface area contributed by atoms with Crippen molar-refractivity contribution in [3.63, 3.8) is 0 Å². The Morgan fingerprint density at radius 2 is 1.89 bits per heavy atom. The van der Waals surface area contributed by atoms with Crippen LogP contribution in [0.25, 0.3) is 0 Å². The SMILES string of the molecule is COc1c(Cl)cc(C(=O)NCC(C)(C)O)cc1Cl. The third kappa shape index (κ3) is 4.05. The number of benzene rings is 1. The van der Waals surface area contributed by atoms with Gasteiger partial charge in [0.2, 0.25) is 0 Å². The van der Waals surface area contributed by atoms with Crippen molar-refractivity contribution < 1.29 is 14.6 Å². The highest BCUT2D eigenvalue weighted by atomic mass is 35.5. The molecule has 1 amide bonds. The van der Waals surface area contributed by atoms with Gasteiger partial charge in [-0.2, -0.15) is 0 Å². The van der Waals surface area contributed by atoms with Crippen LogP contribution in [0.15, 0.2) is 12.1 Å². The van der Waals surface area contributed by atoms with Gasteiger partial charge in [-0.05, 0) is 26.0 Å². The van der Waals surface area contributed by atoms with Crippen LogP contribution in [0.1, 0.15) is 24.2 Å². The predicted molar refractivity (Wildman–Crippen MR) is 71.6 cm³/mol. The summed E-state index contributed by atoms with van der Waals surface area (Å²) < 4.78 is 4.99. The zero-order valence-electron chi connectivity index (χ0n) is 10.4. The van der Waals surface area contributed by atoms with Crippen LogP contribution in [0.5, 0.6) is 5.75 Å². The molecule has 1 aromatic rings. The number of rotatable bonds is 4. The van der Waals surface area contributed by atoms with E-state index in [1.54, 1.807) is 13.8 Å². The van der Waals surface area contributed by atoms with Gasteiger partial charge in [-0.3, -0.25) is 4.79 Å². The highest BCUT2D eigenvalue weighted by molar-refractivity contribution is 6.37.